The summed E-state index contributed by atoms with van der Waals surface area (Å²) in [4.78, 5) is 23.2. The summed E-state index contributed by atoms with van der Waals surface area (Å²) in [7, 11) is 0. The first-order chi connectivity index (χ1) is 12.4. The maximum absolute atomic E-state index is 12.7. The average Bonchev–Trinajstić information content (AvgIpc) is 3.20. The van der Waals surface area contributed by atoms with E-state index in [9.17, 15) is 14.9 Å². The number of nitrogens with one attached hydrogen (secondary N) is 1. The minimum atomic E-state index is -0.482. The largest absolute Gasteiger partial charge is 0.467 e. The molecule has 0 spiro atoms. The Morgan fingerprint density at radius 3 is 2.65 bits per heavy atom. The zero-order valence-corrected chi connectivity index (χ0v) is 14.8. The summed E-state index contributed by atoms with van der Waals surface area (Å²) in [5.74, 6) is 0.501. The van der Waals surface area contributed by atoms with E-state index in [1.54, 1.807) is 25.3 Å². The van der Waals surface area contributed by atoms with Crippen molar-refractivity contribution in [3.05, 3.63) is 81.1 Å². The van der Waals surface area contributed by atoms with Crippen LogP contribution < -0.4 is 5.32 Å². The first-order valence-electron chi connectivity index (χ1n) is 8.12. The standard InChI is InChI=1S/C19H19N3O4/c1-12-6-7-15(22(24)25)10-18(12)20-19(23)17-9-13(2)21(14(17)3)11-16-5-4-8-26-16/h4-10H,11H2,1-3H3,(H,20,23). The van der Waals surface area contributed by atoms with Crippen molar-refractivity contribution in [3.63, 3.8) is 0 Å². The van der Waals surface area contributed by atoms with Gasteiger partial charge in [-0.25, -0.2) is 0 Å². The topological polar surface area (TPSA) is 90.3 Å². The number of nitro benzene ring substituents is 1. The summed E-state index contributed by atoms with van der Waals surface area (Å²) in [5.41, 5.74) is 3.39. The molecule has 1 N–H and O–H groups in total. The number of rotatable bonds is 5. The second-order valence-electron chi connectivity index (χ2n) is 6.16. The molecular weight excluding hydrogens is 334 g/mol. The van der Waals surface area contributed by atoms with Crippen LogP contribution in [0.1, 0.15) is 33.1 Å². The van der Waals surface area contributed by atoms with Crippen molar-refractivity contribution >= 4 is 17.3 Å². The summed E-state index contributed by atoms with van der Waals surface area (Å²) < 4.78 is 7.37. The number of nitro groups is 1. The highest BCUT2D eigenvalue weighted by Crippen LogP contribution is 2.24. The first-order valence-corrected chi connectivity index (χ1v) is 8.12. The highest BCUT2D eigenvalue weighted by atomic mass is 16.6. The van der Waals surface area contributed by atoms with Crippen LogP contribution in [0, 0.1) is 30.9 Å². The lowest BCUT2D eigenvalue weighted by atomic mass is 10.1. The molecule has 0 bridgehead atoms. The second-order valence-corrected chi connectivity index (χ2v) is 6.16. The van der Waals surface area contributed by atoms with Gasteiger partial charge in [0, 0.05) is 23.5 Å². The van der Waals surface area contributed by atoms with Gasteiger partial charge < -0.3 is 14.3 Å². The van der Waals surface area contributed by atoms with Crippen molar-refractivity contribution in [2.75, 3.05) is 5.32 Å². The second kappa shape index (κ2) is 6.87. The van der Waals surface area contributed by atoms with E-state index >= 15 is 0 Å². The lowest BCUT2D eigenvalue weighted by Crippen LogP contribution is -2.14. The fourth-order valence-corrected chi connectivity index (χ4v) is 2.88. The van der Waals surface area contributed by atoms with Gasteiger partial charge >= 0.3 is 0 Å². The Morgan fingerprint density at radius 1 is 1.23 bits per heavy atom. The Bertz CT molecular complexity index is 971. The molecular formula is C19H19N3O4. The Kier molecular flexibility index (Phi) is 4.62. The molecule has 3 rings (SSSR count). The summed E-state index contributed by atoms with van der Waals surface area (Å²) in [6.07, 6.45) is 1.61. The highest BCUT2D eigenvalue weighted by Gasteiger charge is 2.18. The number of furan rings is 1. The predicted molar refractivity (Wildman–Crippen MR) is 97.5 cm³/mol. The molecule has 7 heteroatoms. The Labute approximate surface area is 150 Å². The Morgan fingerprint density at radius 2 is 2.00 bits per heavy atom. The van der Waals surface area contributed by atoms with Crippen molar-refractivity contribution in [1.82, 2.24) is 4.57 Å². The van der Waals surface area contributed by atoms with E-state index in [0.29, 0.717) is 17.8 Å². The molecule has 2 heterocycles. The molecule has 0 aliphatic heterocycles. The first kappa shape index (κ1) is 17.5. The third-order valence-corrected chi connectivity index (χ3v) is 4.39. The molecule has 0 saturated heterocycles. The van der Waals surface area contributed by atoms with E-state index in [0.717, 1.165) is 22.7 Å². The summed E-state index contributed by atoms with van der Waals surface area (Å²) >= 11 is 0. The number of aromatic nitrogens is 1. The maximum atomic E-state index is 12.7. The van der Waals surface area contributed by atoms with E-state index in [4.69, 9.17) is 4.42 Å². The molecule has 7 nitrogen and oxygen atoms in total. The van der Waals surface area contributed by atoms with E-state index in [2.05, 4.69) is 5.32 Å². The molecule has 0 saturated carbocycles. The number of nitrogens with zero attached hydrogens (tertiary/aromatic N) is 2. The number of anilines is 1. The van der Waals surface area contributed by atoms with Gasteiger partial charge in [0.1, 0.15) is 5.76 Å². The van der Waals surface area contributed by atoms with Gasteiger partial charge in [-0.05, 0) is 44.5 Å². The van der Waals surface area contributed by atoms with Crippen LogP contribution in [0.15, 0.2) is 47.1 Å². The Hall–Kier alpha value is -3.35. The van der Waals surface area contributed by atoms with Gasteiger partial charge in [-0.1, -0.05) is 6.07 Å². The fourth-order valence-electron chi connectivity index (χ4n) is 2.88. The average molecular weight is 353 g/mol. The highest BCUT2D eigenvalue weighted by molar-refractivity contribution is 6.05. The number of amides is 1. The number of hydrogen-bond donors (Lipinski definition) is 1. The molecule has 1 aromatic carbocycles. The van der Waals surface area contributed by atoms with Crippen LogP contribution in [-0.2, 0) is 6.54 Å². The van der Waals surface area contributed by atoms with Crippen LogP contribution in [0.3, 0.4) is 0 Å². The predicted octanol–water partition coefficient (Wildman–Crippen LogP) is 4.22. The van der Waals surface area contributed by atoms with Crippen LogP contribution in [0.4, 0.5) is 11.4 Å². The van der Waals surface area contributed by atoms with E-state index in [1.807, 2.05) is 30.5 Å². The van der Waals surface area contributed by atoms with Gasteiger partial charge in [-0.2, -0.15) is 0 Å². The molecule has 26 heavy (non-hydrogen) atoms. The van der Waals surface area contributed by atoms with Crippen LogP contribution in [-0.4, -0.2) is 15.4 Å². The molecule has 3 aromatic rings. The fraction of sp³-hybridized carbons (Fsp3) is 0.211. The number of benzene rings is 1. The number of carbonyl (C=O) groups is 1. The van der Waals surface area contributed by atoms with Gasteiger partial charge in [0.2, 0.25) is 0 Å². The smallest absolute Gasteiger partial charge is 0.271 e. The number of carbonyl (C=O) groups excluding carboxylic acids is 1. The number of aryl methyl sites for hydroxylation is 2. The van der Waals surface area contributed by atoms with Gasteiger partial charge in [0.15, 0.2) is 0 Å². The summed E-state index contributed by atoms with van der Waals surface area (Å²) in [6.45, 7) is 6.11. The quantitative estimate of drug-likeness (QED) is 0.549. The zero-order chi connectivity index (χ0) is 18.8. The molecule has 1 amide bonds. The van der Waals surface area contributed by atoms with Crippen LogP contribution >= 0.6 is 0 Å². The summed E-state index contributed by atoms with van der Waals surface area (Å²) in [5, 5.41) is 13.7. The van der Waals surface area contributed by atoms with Crippen LogP contribution in [0.2, 0.25) is 0 Å². The molecule has 0 fully saturated rings. The molecule has 0 unspecified atom stereocenters. The number of non-ortho nitro benzene ring substituents is 1. The van der Waals surface area contributed by atoms with Crippen LogP contribution in [0.5, 0.6) is 0 Å². The SMILES string of the molecule is Cc1ccc([N+](=O)[O-])cc1NC(=O)c1cc(C)n(Cc2ccco2)c1C. The third-order valence-electron chi connectivity index (χ3n) is 4.39. The molecule has 0 aliphatic rings. The molecule has 0 atom stereocenters. The van der Waals surface area contributed by atoms with Crippen LogP contribution in [0.25, 0.3) is 0 Å². The van der Waals surface area contributed by atoms with Gasteiger partial charge in [0.25, 0.3) is 11.6 Å². The molecule has 0 radical (unpaired) electrons. The lowest BCUT2D eigenvalue weighted by Gasteiger charge is -2.10. The molecule has 0 aliphatic carbocycles. The van der Waals surface area contributed by atoms with Crippen molar-refractivity contribution in [2.24, 2.45) is 0 Å². The minimum Gasteiger partial charge on any atom is -0.467 e. The number of hydrogen-bond acceptors (Lipinski definition) is 4. The monoisotopic (exact) mass is 353 g/mol. The maximum Gasteiger partial charge on any atom is 0.271 e. The molecule has 2 aromatic heterocycles. The van der Waals surface area contributed by atoms with Gasteiger partial charge in [-0.3, -0.25) is 14.9 Å². The zero-order valence-electron chi connectivity index (χ0n) is 14.8. The van der Waals surface area contributed by atoms with Crippen molar-refractivity contribution in [2.45, 2.75) is 27.3 Å². The third kappa shape index (κ3) is 3.37. The van der Waals surface area contributed by atoms with Crippen molar-refractivity contribution < 1.29 is 14.1 Å². The molecule has 134 valence electrons. The van der Waals surface area contributed by atoms with E-state index in [-0.39, 0.29) is 11.6 Å². The van der Waals surface area contributed by atoms with E-state index in [1.165, 1.54) is 12.1 Å². The van der Waals surface area contributed by atoms with Crippen molar-refractivity contribution in [1.29, 1.82) is 0 Å². The van der Waals surface area contributed by atoms with E-state index < -0.39 is 4.92 Å². The van der Waals surface area contributed by atoms with Gasteiger partial charge in [0.05, 0.1) is 29.0 Å². The minimum absolute atomic E-state index is 0.0609. The normalized spacial score (nSPS) is 10.7. The Balaban J connectivity index is 1.87. The van der Waals surface area contributed by atoms with Gasteiger partial charge in [-0.15, -0.1) is 0 Å². The summed E-state index contributed by atoms with van der Waals surface area (Å²) in [6, 6.07) is 9.91. The lowest BCUT2D eigenvalue weighted by molar-refractivity contribution is -0.384. The van der Waals surface area contributed by atoms with Crippen molar-refractivity contribution in [3.8, 4) is 0 Å².